The second-order valence-corrected chi connectivity index (χ2v) is 6.58. The van der Waals surface area contributed by atoms with Gasteiger partial charge in [-0.2, -0.15) is 0 Å². The molecule has 0 saturated heterocycles. The van der Waals surface area contributed by atoms with Crippen LogP contribution in [0.3, 0.4) is 0 Å². The van der Waals surface area contributed by atoms with E-state index in [0.29, 0.717) is 6.07 Å². The zero-order valence-electron chi connectivity index (χ0n) is 10.0. The quantitative estimate of drug-likeness (QED) is 0.821. The normalized spacial score (nSPS) is 11.3. The Hall–Kier alpha value is -1.91. The van der Waals surface area contributed by atoms with E-state index in [4.69, 9.17) is 22.4 Å². The van der Waals surface area contributed by atoms with Gasteiger partial charge in [0.05, 0.1) is 16.2 Å². The van der Waals surface area contributed by atoms with E-state index < -0.39 is 26.8 Å². The molecule has 21 heavy (non-hydrogen) atoms. The molecule has 1 aromatic heterocycles. The molecule has 2 rings (SSSR count). The van der Waals surface area contributed by atoms with E-state index in [1.165, 1.54) is 10.9 Å². The van der Waals surface area contributed by atoms with Crippen molar-refractivity contribution >= 4 is 50.6 Å². The first kappa shape index (κ1) is 15.5. The molecule has 7 nitrogen and oxygen atoms in total. The lowest BCUT2D eigenvalue weighted by Crippen LogP contribution is -2.36. The van der Waals surface area contributed by atoms with Gasteiger partial charge in [0.15, 0.2) is 5.82 Å². The largest absolute Gasteiger partial charge is 0.464 e. The van der Waals surface area contributed by atoms with E-state index in [1.54, 1.807) is 0 Å². The minimum Gasteiger partial charge on any atom is -0.464 e. The zero-order chi connectivity index (χ0) is 15.8. The predicted octanol–water partition coefficient (Wildman–Crippen LogP) is 2.39. The van der Waals surface area contributed by atoms with Crippen LogP contribution >= 0.6 is 22.9 Å². The number of anilines is 2. The number of hydrogen-bond acceptors (Lipinski definition) is 6. The van der Waals surface area contributed by atoms with Crippen LogP contribution in [0.15, 0.2) is 27.9 Å². The van der Waals surface area contributed by atoms with Crippen molar-refractivity contribution in [2.45, 2.75) is 4.90 Å². The number of rotatable bonds is 3. The summed E-state index contributed by atoms with van der Waals surface area (Å²) >= 11 is 6.65. The highest BCUT2D eigenvalue weighted by Crippen LogP contribution is 2.30. The summed E-state index contributed by atoms with van der Waals surface area (Å²) in [6.07, 6.45) is -1.83. The maximum atomic E-state index is 13.8. The number of carbonyl (C=O) groups is 1. The molecule has 1 amide bonds. The Bertz CT molecular complexity index is 795. The van der Waals surface area contributed by atoms with Crippen molar-refractivity contribution in [1.29, 1.82) is 0 Å². The average Bonchev–Trinajstić information content (AvgIpc) is 2.86. The lowest BCUT2D eigenvalue weighted by molar-refractivity contribution is 0.206. The van der Waals surface area contributed by atoms with E-state index in [1.807, 2.05) is 0 Å². The zero-order valence-corrected chi connectivity index (χ0v) is 12.4. The second-order valence-electron chi connectivity index (χ2n) is 3.70. The summed E-state index contributed by atoms with van der Waals surface area (Å²) < 4.78 is 38.5. The van der Waals surface area contributed by atoms with Gasteiger partial charge in [-0.05, 0) is 12.1 Å². The van der Waals surface area contributed by atoms with E-state index in [-0.39, 0.29) is 20.8 Å². The van der Waals surface area contributed by atoms with Gasteiger partial charge in [0.25, 0.3) is 10.0 Å². The minimum atomic E-state index is -4.73. The number of nitrogen functional groups attached to an aromatic ring is 1. The Kier molecular flexibility index (Phi) is 4.03. The molecular weight excluding hydrogens is 345 g/mol. The highest BCUT2D eigenvalue weighted by molar-refractivity contribution is 7.93. The van der Waals surface area contributed by atoms with Crippen molar-refractivity contribution in [1.82, 2.24) is 4.98 Å². The van der Waals surface area contributed by atoms with Crippen LogP contribution in [0.2, 0.25) is 5.02 Å². The van der Waals surface area contributed by atoms with Crippen molar-refractivity contribution in [2.75, 3.05) is 10.0 Å². The van der Waals surface area contributed by atoms with Crippen LogP contribution in [0.4, 0.5) is 20.7 Å². The van der Waals surface area contributed by atoms with E-state index in [0.717, 1.165) is 17.4 Å². The van der Waals surface area contributed by atoms with E-state index in [2.05, 4.69) is 4.98 Å². The predicted molar refractivity (Wildman–Crippen MR) is 75.6 cm³/mol. The molecule has 1 aromatic carbocycles. The van der Waals surface area contributed by atoms with E-state index in [9.17, 15) is 17.6 Å². The summed E-state index contributed by atoms with van der Waals surface area (Å²) in [5.41, 5.74) is 6.44. The third kappa shape index (κ3) is 2.77. The number of nitrogens with two attached hydrogens (primary N) is 1. The van der Waals surface area contributed by atoms with Crippen LogP contribution in [-0.2, 0) is 10.0 Å². The average molecular weight is 352 g/mol. The number of sulfonamides is 1. The molecule has 0 spiro atoms. The fraction of sp³-hybridized carbons (Fsp3) is 0. The highest BCUT2D eigenvalue weighted by Gasteiger charge is 2.35. The number of halogens is 2. The standard InChI is InChI=1S/C10H7ClFN3O4S2/c11-5-1-8(6(12)2-7(5)13)21(18,19)15(10(16)17)9-3-20-4-14-9/h1-4H,13H2,(H,16,17). The number of aromatic nitrogens is 1. The summed E-state index contributed by atoms with van der Waals surface area (Å²) in [6.45, 7) is 0. The van der Waals surface area contributed by atoms with Crippen LogP contribution in [0.1, 0.15) is 0 Å². The van der Waals surface area contributed by atoms with Gasteiger partial charge in [0, 0.05) is 5.38 Å². The van der Waals surface area contributed by atoms with Gasteiger partial charge in [-0.15, -0.1) is 15.6 Å². The molecule has 112 valence electrons. The van der Waals surface area contributed by atoms with Crippen molar-refractivity contribution in [3.8, 4) is 0 Å². The van der Waals surface area contributed by atoms with Crippen LogP contribution in [0.5, 0.6) is 0 Å². The Morgan fingerprint density at radius 2 is 2.14 bits per heavy atom. The molecule has 11 heteroatoms. The summed E-state index contributed by atoms with van der Waals surface area (Å²) in [7, 11) is -4.73. The molecule has 0 aliphatic rings. The summed E-state index contributed by atoms with van der Waals surface area (Å²) in [5, 5.41) is 10.1. The van der Waals surface area contributed by atoms with Crippen molar-refractivity contribution < 1.29 is 22.7 Å². The first-order valence-electron chi connectivity index (χ1n) is 5.16. The maximum Gasteiger partial charge on any atom is 0.427 e. The Balaban J connectivity index is 2.65. The number of hydrogen-bond donors (Lipinski definition) is 2. The maximum absolute atomic E-state index is 13.8. The minimum absolute atomic E-state index is 0.0333. The fourth-order valence-corrected chi connectivity index (χ4v) is 3.60. The van der Waals surface area contributed by atoms with Crippen molar-refractivity contribution in [3.05, 3.63) is 33.9 Å². The van der Waals surface area contributed by atoms with E-state index >= 15 is 0 Å². The molecule has 0 radical (unpaired) electrons. The molecule has 2 aromatic rings. The van der Waals surface area contributed by atoms with Crippen LogP contribution < -0.4 is 10.0 Å². The van der Waals surface area contributed by atoms with Gasteiger partial charge >= 0.3 is 6.09 Å². The van der Waals surface area contributed by atoms with Crippen molar-refractivity contribution in [3.63, 3.8) is 0 Å². The smallest absolute Gasteiger partial charge is 0.427 e. The number of carboxylic acid groups (broad SMARTS) is 1. The van der Waals surface area contributed by atoms with Crippen LogP contribution in [0, 0.1) is 5.82 Å². The van der Waals surface area contributed by atoms with Crippen LogP contribution in [-0.4, -0.2) is 24.6 Å². The summed E-state index contributed by atoms with van der Waals surface area (Å²) in [6, 6.07) is 1.46. The third-order valence-electron chi connectivity index (χ3n) is 2.37. The van der Waals surface area contributed by atoms with Crippen LogP contribution in [0.25, 0.3) is 0 Å². The molecular formula is C10H7ClFN3O4S2. The molecule has 0 bridgehead atoms. The number of amides is 1. The summed E-state index contributed by atoms with van der Waals surface area (Å²) in [4.78, 5) is 13.9. The van der Waals surface area contributed by atoms with Crippen molar-refractivity contribution in [2.24, 2.45) is 0 Å². The highest BCUT2D eigenvalue weighted by atomic mass is 35.5. The van der Waals surface area contributed by atoms with Gasteiger partial charge in [-0.3, -0.25) is 0 Å². The van der Waals surface area contributed by atoms with Gasteiger partial charge in [-0.1, -0.05) is 11.6 Å². The van der Waals surface area contributed by atoms with Gasteiger partial charge in [-0.25, -0.2) is 22.6 Å². The Morgan fingerprint density at radius 3 is 2.67 bits per heavy atom. The van der Waals surface area contributed by atoms with Gasteiger partial charge < -0.3 is 10.8 Å². The molecule has 1 heterocycles. The topological polar surface area (TPSA) is 114 Å². The molecule has 0 saturated carbocycles. The summed E-state index contributed by atoms with van der Waals surface area (Å²) in [5.74, 6) is -1.57. The number of benzene rings is 1. The Labute approximate surface area is 127 Å². The molecule has 0 atom stereocenters. The van der Waals surface area contributed by atoms with Gasteiger partial charge in [0.1, 0.15) is 10.7 Å². The third-order valence-corrected chi connectivity index (χ3v) is 4.96. The lowest BCUT2D eigenvalue weighted by atomic mass is 10.3. The molecule has 0 aliphatic heterocycles. The Morgan fingerprint density at radius 1 is 1.48 bits per heavy atom. The molecule has 0 aliphatic carbocycles. The fourth-order valence-electron chi connectivity index (χ4n) is 1.47. The number of thiazole rings is 1. The van der Waals surface area contributed by atoms with Gasteiger partial charge in [0.2, 0.25) is 0 Å². The monoisotopic (exact) mass is 351 g/mol. The molecule has 0 fully saturated rings. The molecule has 3 N–H and O–H groups in total. The SMILES string of the molecule is Nc1cc(F)c(S(=O)(=O)N(C(=O)O)c2cscn2)cc1Cl. The molecule has 0 unspecified atom stereocenters. The lowest BCUT2D eigenvalue weighted by Gasteiger charge is -2.17. The second kappa shape index (κ2) is 5.47. The first-order chi connectivity index (χ1) is 9.75. The first-order valence-corrected chi connectivity index (χ1v) is 7.92. The number of nitrogens with zero attached hydrogens (tertiary/aromatic N) is 2.